The van der Waals surface area contributed by atoms with Gasteiger partial charge in [0, 0.05) is 30.9 Å². The molecule has 0 radical (unpaired) electrons. The van der Waals surface area contributed by atoms with Crippen LogP contribution in [0.3, 0.4) is 0 Å². The van der Waals surface area contributed by atoms with E-state index in [1.54, 1.807) is 0 Å². The number of halogens is 2. The lowest BCUT2D eigenvalue weighted by atomic mass is 10.1. The standard InChI is InChI=1S/C18H18ClFN4/c1-22-24(11-12-2-3-12)16-7-6-14(17(19)18(16)21)5-4-13-8-15(20)10-23-9-13/h6-10,12,22H,2-3,11,21H2,1H3. The summed E-state index contributed by atoms with van der Waals surface area (Å²) in [6.45, 7) is 0.900. The van der Waals surface area contributed by atoms with Crippen molar-refractivity contribution in [2.75, 3.05) is 24.3 Å². The minimum atomic E-state index is -0.424. The Morgan fingerprint density at radius 2 is 2.17 bits per heavy atom. The second-order valence-electron chi connectivity index (χ2n) is 5.78. The molecular formula is C18H18ClFN4. The summed E-state index contributed by atoms with van der Waals surface area (Å²) in [4.78, 5) is 3.77. The third-order valence-corrected chi connectivity index (χ3v) is 4.31. The van der Waals surface area contributed by atoms with Gasteiger partial charge in [-0.1, -0.05) is 23.4 Å². The van der Waals surface area contributed by atoms with Gasteiger partial charge in [0.05, 0.1) is 22.6 Å². The number of hydrogen-bond donors (Lipinski definition) is 2. The van der Waals surface area contributed by atoms with E-state index in [1.807, 2.05) is 24.2 Å². The van der Waals surface area contributed by atoms with Crippen molar-refractivity contribution >= 4 is 23.0 Å². The fraction of sp³-hybridized carbons (Fsp3) is 0.278. The van der Waals surface area contributed by atoms with Crippen LogP contribution in [0.5, 0.6) is 0 Å². The first-order valence-corrected chi connectivity index (χ1v) is 8.11. The molecule has 1 aliphatic carbocycles. The minimum Gasteiger partial charge on any atom is -0.396 e. The first-order chi connectivity index (χ1) is 11.6. The van der Waals surface area contributed by atoms with Crippen LogP contribution >= 0.6 is 11.6 Å². The number of nitrogens with one attached hydrogen (secondary N) is 1. The Morgan fingerprint density at radius 1 is 1.38 bits per heavy atom. The Kier molecular flexibility index (Phi) is 4.89. The topological polar surface area (TPSA) is 54.2 Å². The van der Waals surface area contributed by atoms with Gasteiger partial charge in [-0.2, -0.15) is 0 Å². The van der Waals surface area contributed by atoms with Crippen molar-refractivity contribution in [1.29, 1.82) is 0 Å². The molecule has 6 heteroatoms. The number of pyridine rings is 1. The molecule has 3 N–H and O–H groups in total. The monoisotopic (exact) mass is 344 g/mol. The van der Waals surface area contributed by atoms with Gasteiger partial charge < -0.3 is 10.7 Å². The lowest BCUT2D eigenvalue weighted by Crippen LogP contribution is -2.37. The molecule has 1 fully saturated rings. The summed E-state index contributed by atoms with van der Waals surface area (Å²) >= 11 is 6.38. The zero-order chi connectivity index (χ0) is 17.1. The Bertz CT molecular complexity index is 808. The third kappa shape index (κ3) is 3.78. The fourth-order valence-electron chi connectivity index (χ4n) is 2.40. The minimum absolute atomic E-state index is 0.403. The lowest BCUT2D eigenvalue weighted by molar-refractivity contribution is 0.621. The number of nitrogen functional groups attached to an aromatic ring is 1. The van der Waals surface area contributed by atoms with E-state index in [1.165, 1.54) is 25.1 Å². The maximum atomic E-state index is 13.1. The number of anilines is 2. The van der Waals surface area contributed by atoms with Crippen LogP contribution in [0.4, 0.5) is 15.8 Å². The molecule has 1 aliphatic rings. The van der Waals surface area contributed by atoms with Crippen molar-refractivity contribution in [1.82, 2.24) is 10.4 Å². The first kappa shape index (κ1) is 16.6. The normalized spacial score (nSPS) is 13.3. The van der Waals surface area contributed by atoms with Crippen LogP contribution in [0.15, 0.2) is 30.6 Å². The molecule has 0 unspecified atom stereocenters. The summed E-state index contributed by atoms with van der Waals surface area (Å²) in [5.41, 5.74) is 11.8. The maximum absolute atomic E-state index is 13.1. The number of benzene rings is 1. The third-order valence-electron chi connectivity index (χ3n) is 3.90. The van der Waals surface area contributed by atoms with Crippen molar-refractivity contribution in [2.24, 2.45) is 5.92 Å². The van der Waals surface area contributed by atoms with Crippen molar-refractivity contribution in [3.63, 3.8) is 0 Å². The quantitative estimate of drug-likeness (QED) is 0.508. The van der Waals surface area contributed by atoms with Gasteiger partial charge in [-0.25, -0.2) is 9.82 Å². The summed E-state index contributed by atoms with van der Waals surface area (Å²) in [5, 5.41) is 2.41. The summed E-state index contributed by atoms with van der Waals surface area (Å²) in [6, 6.07) is 5.04. The highest BCUT2D eigenvalue weighted by Gasteiger charge is 2.25. The van der Waals surface area contributed by atoms with Crippen LogP contribution in [0.1, 0.15) is 24.0 Å². The first-order valence-electron chi connectivity index (χ1n) is 7.74. The number of aromatic nitrogens is 1. The van der Waals surface area contributed by atoms with Gasteiger partial charge in [-0.05, 0) is 37.0 Å². The molecule has 0 aliphatic heterocycles. The molecule has 1 aromatic heterocycles. The molecule has 24 heavy (non-hydrogen) atoms. The van der Waals surface area contributed by atoms with Crippen molar-refractivity contribution in [3.05, 3.63) is 52.6 Å². The molecule has 1 aromatic carbocycles. The van der Waals surface area contributed by atoms with Crippen LogP contribution < -0.4 is 16.2 Å². The zero-order valence-corrected chi connectivity index (χ0v) is 14.1. The van der Waals surface area contributed by atoms with Gasteiger partial charge in [0.2, 0.25) is 0 Å². The molecule has 4 nitrogen and oxygen atoms in total. The van der Waals surface area contributed by atoms with Crippen molar-refractivity contribution < 1.29 is 4.39 Å². The van der Waals surface area contributed by atoms with Gasteiger partial charge in [0.1, 0.15) is 5.82 Å². The summed E-state index contributed by atoms with van der Waals surface area (Å²) in [5.74, 6) is 6.06. The Balaban J connectivity index is 1.87. The molecule has 1 heterocycles. The second kappa shape index (κ2) is 7.08. The smallest absolute Gasteiger partial charge is 0.142 e. The van der Waals surface area contributed by atoms with Crippen LogP contribution in [-0.2, 0) is 0 Å². The van der Waals surface area contributed by atoms with Gasteiger partial charge in [0.25, 0.3) is 0 Å². The lowest BCUT2D eigenvalue weighted by Gasteiger charge is -2.25. The predicted molar refractivity (Wildman–Crippen MR) is 95.2 cm³/mol. The highest BCUT2D eigenvalue weighted by atomic mass is 35.5. The highest BCUT2D eigenvalue weighted by Crippen LogP contribution is 2.36. The van der Waals surface area contributed by atoms with E-state index in [0.29, 0.717) is 27.8 Å². The number of nitrogens with zero attached hydrogens (tertiary/aromatic N) is 2. The Morgan fingerprint density at radius 3 is 2.83 bits per heavy atom. The Labute approximate surface area is 145 Å². The van der Waals surface area contributed by atoms with E-state index in [-0.39, 0.29) is 0 Å². The van der Waals surface area contributed by atoms with Crippen molar-refractivity contribution in [2.45, 2.75) is 12.8 Å². The SMILES string of the molecule is CNN(CC1CC1)c1ccc(C#Cc2cncc(F)c2)c(Cl)c1N. The summed E-state index contributed by atoms with van der Waals surface area (Å²) < 4.78 is 13.1. The average Bonchev–Trinajstić information content (AvgIpc) is 3.39. The van der Waals surface area contributed by atoms with E-state index < -0.39 is 5.82 Å². The summed E-state index contributed by atoms with van der Waals surface area (Å²) in [7, 11) is 1.86. The number of hydrazine groups is 1. The molecule has 0 atom stereocenters. The van der Waals surface area contributed by atoms with E-state index in [2.05, 4.69) is 22.3 Å². The molecule has 0 amide bonds. The van der Waals surface area contributed by atoms with Crippen LogP contribution in [0.2, 0.25) is 5.02 Å². The van der Waals surface area contributed by atoms with Gasteiger partial charge >= 0.3 is 0 Å². The van der Waals surface area contributed by atoms with Crippen LogP contribution in [-0.4, -0.2) is 18.6 Å². The summed E-state index contributed by atoms with van der Waals surface area (Å²) in [6.07, 6.45) is 5.13. The van der Waals surface area contributed by atoms with E-state index in [9.17, 15) is 4.39 Å². The van der Waals surface area contributed by atoms with E-state index >= 15 is 0 Å². The average molecular weight is 345 g/mol. The van der Waals surface area contributed by atoms with Gasteiger partial charge in [-0.15, -0.1) is 0 Å². The van der Waals surface area contributed by atoms with E-state index in [0.717, 1.165) is 18.4 Å². The second-order valence-corrected chi connectivity index (χ2v) is 6.16. The van der Waals surface area contributed by atoms with Crippen LogP contribution in [0.25, 0.3) is 0 Å². The molecular weight excluding hydrogens is 327 g/mol. The van der Waals surface area contributed by atoms with Gasteiger partial charge in [-0.3, -0.25) is 4.98 Å². The molecule has 0 spiro atoms. The highest BCUT2D eigenvalue weighted by molar-refractivity contribution is 6.35. The van der Waals surface area contributed by atoms with Crippen molar-refractivity contribution in [3.8, 4) is 11.8 Å². The van der Waals surface area contributed by atoms with Crippen LogP contribution in [0, 0.1) is 23.6 Å². The number of hydrogen-bond acceptors (Lipinski definition) is 4. The molecule has 124 valence electrons. The fourth-order valence-corrected chi connectivity index (χ4v) is 2.61. The molecule has 3 rings (SSSR count). The largest absolute Gasteiger partial charge is 0.396 e. The molecule has 0 saturated heterocycles. The van der Waals surface area contributed by atoms with Gasteiger partial charge in [0.15, 0.2) is 0 Å². The molecule has 2 aromatic rings. The van der Waals surface area contributed by atoms with E-state index in [4.69, 9.17) is 17.3 Å². The molecule has 1 saturated carbocycles. The molecule has 0 bridgehead atoms. The number of rotatable bonds is 4. The predicted octanol–water partition coefficient (Wildman–Crippen LogP) is 3.21. The Hall–Kier alpha value is -2.29. The number of nitrogens with two attached hydrogens (primary N) is 1. The maximum Gasteiger partial charge on any atom is 0.142 e. The zero-order valence-electron chi connectivity index (χ0n) is 13.3.